The van der Waals surface area contributed by atoms with E-state index in [1.54, 1.807) is 11.3 Å². The molecular weight excluding hydrogens is 194 g/mol. The Kier molecular flexibility index (Phi) is 1.73. The van der Waals surface area contributed by atoms with Crippen LogP contribution in [0.1, 0.15) is 0 Å². The minimum absolute atomic E-state index is 0.885. The Morgan fingerprint density at radius 3 is 3.00 bits per heavy atom. The molecule has 0 atom stereocenters. The maximum Gasteiger partial charge on any atom is 0.191 e. The van der Waals surface area contributed by atoms with Crippen LogP contribution in [0.25, 0.3) is 10.2 Å². The van der Waals surface area contributed by atoms with E-state index in [2.05, 4.69) is 20.9 Å². The monoisotopic (exact) mass is 203 g/mol. The molecule has 14 heavy (non-hydrogen) atoms. The van der Waals surface area contributed by atoms with E-state index in [-0.39, 0.29) is 0 Å². The third-order valence-corrected chi connectivity index (χ3v) is 3.29. The number of thiazole rings is 1. The van der Waals surface area contributed by atoms with Crippen molar-refractivity contribution in [2.45, 2.75) is 0 Å². The van der Waals surface area contributed by atoms with Crippen molar-refractivity contribution in [3.8, 4) is 0 Å². The Labute approximate surface area is 85.7 Å². The quantitative estimate of drug-likeness (QED) is 0.710. The highest BCUT2D eigenvalue weighted by molar-refractivity contribution is 7.22. The van der Waals surface area contributed by atoms with Crippen LogP contribution in [-0.4, -0.2) is 24.4 Å². The Bertz CT molecular complexity index is 456. The van der Waals surface area contributed by atoms with Gasteiger partial charge in [0, 0.05) is 6.54 Å². The van der Waals surface area contributed by atoms with E-state index in [0.717, 1.165) is 23.7 Å². The zero-order valence-electron chi connectivity index (χ0n) is 7.55. The zero-order valence-corrected chi connectivity index (χ0v) is 8.37. The first-order valence-corrected chi connectivity index (χ1v) is 5.37. The van der Waals surface area contributed by atoms with Crippen LogP contribution in [0.2, 0.25) is 0 Å². The zero-order chi connectivity index (χ0) is 9.38. The van der Waals surface area contributed by atoms with Crippen molar-refractivity contribution in [2.75, 3.05) is 18.0 Å². The molecule has 2 heterocycles. The predicted octanol–water partition coefficient (Wildman–Crippen LogP) is 2.14. The predicted molar refractivity (Wildman–Crippen MR) is 60.3 cm³/mol. The molecule has 0 saturated heterocycles. The van der Waals surface area contributed by atoms with Crippen LogP contribution in [0.5, 0.6) is 0 Å². The van der Waals surface area contributed by atoms with Gasteiger partial charge in [-0.1, -0.05) is 23.5 Å². The maximum absolute atomic E-state index is 4.55. The second kappa shape index (κ2) is 3.06. The van der Waals surface area contributed by atoms with E-state index in [4.69, 9.17) is 0 Å². The van der Waals surface area contributed by atoms with Crippen LogP contribution in [0.4, 0.5) is 5.13 Å². The third-order valence-electron chi connectivity index (χ3n) is 2.22. The van der Waals surface area contributed by atoms with Gasteiger partial charge in [0.2, 0.25) is 0 Å². The number of hydrogen-bond acceptors (Lipinski definition) is 4. The molecule has 2 aromatic rings. The van der Waals surface area contributed by atoms with Crippen LogP contribution < -0.4 is 4.90 Å². The summed E-state index contributed by atoms with van der Waals surface area (Å²) in [5, 5.41) is 1.05. The average molecular weight is 203 g/mol. The molecular formula is C10H9N3S. The van der Waals surface area contributed by atoms with Crippen molar-refractivity contribution in [1.82, 2.24) is 4.98 Å². The minimum Gasteiger partial charge on any atom is -0.307 e. The van der Waals surface area contributed by atoms with Crippen LogP contribution in [0, 0.1) is 0 Å². The normalized spacial score (nSPS) is 15.6. The second-order valence-corrected chi connectivity index (χ2v) is 4.19. The van der Waals surface area contributed by atoms with Crippen molar-refractivity contribution >= 4 is 33.0 Å². The first-order valence-electron chi connectivity index (χ1n) is 4.56. The van der Waals surface area contributed by atoms with E-state index in [0.29, 0.717) is 0 Å². The van der Waals surface area contributed by atoms with Gasteiger partial charge in [0.05, 0.1) is 23.1 Å². The molecule has 1 aliphatic heterocycles. The van der Waals surface area contributed by atoms with Gasteiger partial charge in [0.25, 0.3) is 0 Å². The number of hydrogen-bond donors (Lipinski definition) is 0. The number of nitrogens with zero attached hydrogens (tertiary/aromatic N) is 3. The Balaban J connectivity index is 2.09. The summed E-state index contributed by atoms with van der Waals surface area (Å²) in [6.45, 7) is 1.84. The van der Waals surface area contributed by atoms with Gasteiger partial charge in [0.15, 0.2) is 5.13 Å². The molecule has 0 bridgehead atoms. The van der Waals surface area contributed by atoms with Crippen LogP contribution in [0.15, 0.2) is 29.3 Å². The number of aromatic nitrogens is 1. The SMILES string of the molecule is C1=NCCN1c1nc2ccccc2s1. The lowest BCUT2D eigenvalue weighted by Gasteiger charge is -2.07. The molecule has 70 valence electrons. The molecule has 3 nitrogen and oxygen atoms in total. The molecule has 0 spiro atoms. The lowest BCUT2D eigenvalue weighted by molar-refractivity contribution is 1.02. The first-order chi connectivity index (χ1) is 6.93. The van der Waals surface area contributed by atoms with Crippen LogP contribution in [-0.2, 0) is 0 Å². The number of aliphatic imine (C=N–C) groups is 1. The molecule has 0 N–H and O–H groups in total. The van der Waals surface area contributed by atoms with Crippen molar-refractivity contribution in [2.24, 2.45) is 4.99 Å². The Morgan fingerprint density at radius 2 is 2.21 bits per heavy atom. The lowest BCUT2D eigenvalue weighted by Crippen LogP contribution is -2.17. The van der Waals surface area contributed by atoms with E-state index in [1.807, 2.05) is 24.5 Å². The fraction of sp³-hybridized carbons (Fsp3) is 0.200. The molecule has 0 fully saturated rings. The molecule has 1 aliphatic rings. The summed E-state index contributed by atoms with van der Waals surface area (Å²) in [5.74, 6) is 0. The van der Waals surface area contributed by atoms with Gasteiger partial charge in [-0.15, -0.1) is 0 Å². The fourth-order valence-electron chi connectivity index (χ4n) is 1.51. The molecule has 0 amide bonds. The topological polar surface area (TPSA) is 28.5 Å². The van der Waals surface area contributed by atoms with E-state index in [1.165, 1.54) is 4.70 Å². The Hall–Kier alpha value is -1.42. The molecule has 0 saturated carbocycles. The van der Waals surface area contributed by atoms with Crippen molar-refractivity contribution in [3.05, 3.63) is 24.3 Å². The summed E-state index contributed by atoms with van der Waals surface area (Å²) >= 11 is 1.72. The second-order valence-electron chi connectivity index (χ2n) is 3.18. The van der Waals surface area contributed by atoms with Crippen LogP contribution >= 0.6 is 11.3 Å². The number of fused-ring (bicyclic) bond motifs is 1. The highest BCUT2D eigenvalue weighted by Crippen LogP contribution is 2.28. The van der Waals surface area contributed by atoms with E-state index >= 15 is 0 Å². The number of rotatable bonds is 1. The summed E-state index contributed by atoms with van der Waals surface area (Å²) in [6, 6.07) is 8.21. The van der Waals surface area contributed by atoms with Gasteiger partial charge in [0.1, 0.15) is 0 Å². The largest absolute Gasteiger partial charge is 0.307 e. The standard InChI is InChI=1S/C10H9N3S/c1-2-4-9-8(3-1)12-10(14-9)13-6-5-11-7-13/h1-4,7H,5-6H2. The highest BCUT2D eigenvalue weighted by Gasteiger charge is 2.12. The fourth-order valence-corrected chi connectivity index (χ4v) is 2.47. The summed E-state index contributed by atoms with van der Waals surface area (Å²) < 4.78 is 1.24. The van der Waals surface area contributed by atoms with Crippen molar-refractivity contribution in [3.63, 3.8) is 0 Å². The minimum atomic E-state index is 0.885. The van der Waals surface area contributed by atoms with Gasteiger partial charge in [-0.25, -0.2) is 4.98 Å². The van der Waals surface area contributed by atoms with E-state index in [9.17, 15) is 0 Å². The van der Waals surface area contributed by atoms with Gasteiger partial charge < -0.3 is 4.90 Å². The highest BCUT2D eigenvalue weighted by atomic mass is 32.1. The number of anilines is 1. The van der Waals surface area contributed by atoms with Crippen LogP contribution in [0.3, 0.4) is 0 Å². The summed E-state index contributed by atoms with van der Waals surface area (Å²) in [5.41, 5.74) is 1.08. The number of para-hydroxylation sites is 1. The van der Waals surface area contributed by atoms with Gasteiger partial charge in [-0.05, 0) is 12.1 Å². The molecule has 3 rings (SSSR count). The third kappa shape index (κ3) is 1.19. The number of benzene rings is 1. The summed E-state index contributed by atoms with van der Waals surface area (Å²) in [7, 11) is 0. The van der Waals surface area contributed by atoms with Crippen molar-refractivity contribution in [1.29, 1.82) is 0 Å². The average Bonchev–Trinajstić information content (AvgIpc) is 2.86. The van der Waals surface area contributed by atoms with Crippen molar-refractivity contribution < 1.29 is 0 Å². The molecule has 1 aromatic carbocycles. The summed E-state index contributed by atoms with van der Waals surface area (Å²) in [6.07, 6.45) is 1.87. The van der Waals surface area contributed by atoms with Gasteiger partial charge >= 0.3 is 0 Å². The molecule has 0 unspecified atom stereocenters. The lowest BCUT2D eigenvalue weighted by atomic mass is 10.3. The first kappa shape index (κ1) is 7.94. The van der Waals surface area contributed by atoms with Gasteiger partial charge in [-0.2, -0.15) is 0 Å². The molecule has 0 radical (unpaired) electrons. The summed E-state index contributed by atoms with van der Waals surface area (Å²) in [4.78, 5) is 10.8. The molecule has 1 aromatic heterocycles. The van der Waals surface area contributed by atoms with E-state index < -0.39 is 0 Å². The smallest absolute Gasteiger partial charge is 0.191 e. The maximum atomic E-state index is 4.55. The molecule has 0 aliphatic carbocycles. The molecule has 4 heteroatoms. The van der Waals surface area contributed by atoms with Gasteiger partial charge in [-0.3, -0.25) is 4.99 Å². The Morgan fingerprint density at radius 1 is 1.29 bits per heavy atom.